The van der Waals surface area contributed by atoms with Gasteiger partial charge in [0.05, 0.1) is 0 Å². The van der Waals surface area contributed by atoms with Gasteiger partial charge in [-0.15, -0.1) is 0 Å². The molecule has 0 spiro atoms. The molecule has 1 aliphatic rings. The second kappa shape index (κ2) is 7.66. The molecule has 1 aliphatic heterocycles. The Morgan fingerprint density at radius 2 is 1.79 bits per heavy atom. The summed E-state index contributed by atoms with van der Waals surface area (Å²) in [7, 11) is 2.08. The molecule has 1 fully saturated rings. The van der Waals surface area contributed by atoms with Crippen LogP contribution in [0.1, 0.15) is 49.8 Å². The van der Waals surface area contributed by atoms with E-state index in [9.17, 15) is 0 Å². The summed E-state index contributed by atoms with van der Waals surface area (Å²) in [4.78, 5) is 2.60. The maximum Gasteiger partial charge on any atom is 0.0446 e. The van der Waals surface area contributed by atoms with Crippen molar-refractivity contribution in [2.24, 2.45) is 0 Å². The van der Waals surface area contributed by atoms with Gasteiger partial charge >= 0.3 is 0 Å². The summed E-state index contributed by atoms with van der Waals surface area (Å²) in [6.07, 6.45) is 6.56. The van der Waals surface area contributed by atoms with E-state index in [1.165, 1.54) is 56.3 Å². The lowest BCUT2D eigenvalue weighted by Crippen LogP contribution is -2.37. The number of likely N-dealkylation sites (N-methyl/N-ethyl adjacent to an activating group) is 1. The normalized spacial score (nSPS) is 18.4. The molecule has 1 N–H and O–H groups in total. The summed E-state index contributed by atoms with van der Waals surface area (Å²) in [6.45, 7) is 5.92. The largest absolute Gasteiger partial charge is 0.312 e. The number of hydrogen-bond acceptors (Lipinski definition) is 2. The first-order chi connectivity index (χ1) is 9.33. The topological polar surface area (TPSA) is 15.3 Å². The van der Waals surface area contributed by atoms with Crippen LogP contribution < -0.4 is 5.32 Å². The molecule has 0 bridgehead atoms. The minimum absolute atomic E-state index is 0.466. The molecule has 1 heterocycles. The van der Waals surface area contributed by atoms with Crippen molar-refractivity contribution in [1.29, 1.82) is 0 Å². The van der Waals surface area contributed by atoms with Crippen molar-refractivity contribution < 1.29 is 0 Å². The lowest BCUT2D eigenvalue weighted by atomic mass is 10.0. The number of nitrogens with one attached hydrogen (secondary N) is 1. The maximum absolute atomic E-state index is 3.48. The van der Waals surface area contributed by atoms with Gasteiger partial charge in [0.2, 0.25) is 0 Å². The first-order valence-electron chi connectivity index (χ1n) is 7.82. The minimum atomic E-state index is 0.466. The van der Waals surface area contributed by atoms with Gasteiger partial charge in [-0.1, -0.05) is 44.0 Å². The average Bonchev–Trinajstić information content (AvgIpc) is 2.47. The van der Waals surface area contributed by atoms with E-state index in [1.807, 2.05) is 0 Å². The zero-order chi connectivity index (χ0) is 13.5. The summed E-state index contributed by atoms with van der Waals surface area (Å²) in [6, 6.07) is 9.65. The highest BCUT2D eigenvalue weighted by atomic mass is 15.1. The van der Waals surface area contributed by atoms with E-state index in [4.69, 9.17) is 0 Å². The molecule has 2 heteroatoms. The summed E-state index contributed by atoms with van der Waals surface area (Å²) >= 11 is 0. The lowest BCUT2D eigenvalue weighted by Gasteiger charge is -2.30. The highest BCUT2D eigenvalue weighted by Crippen LogP contribution is 2.18. The lowest BCUT2D eigenvalue weighted by molar-refractivity contribution is 0.208. The second-order valence-electron chi connectivity index (χ2n) is 5.69. The van der Waals surface area contributed by atoms with Crippen molar-refractivity contribution in [3.05, 3.63) is 35.4 Å². The smallest absolute Gasteiger partial charge is 0.0446 e. The molecule has 2 rings (SSSR count). The molecule has 1 atom stereocenters. The predicted molar refractivity (Wildman–Crippen MR) is 82.5 cm³/mol. The van der Waals surface area contributed by atoms with Gasteiger partial charge in [0, 0.05) is 12.6 Å². The fourth-order valence-corrected chi connectivity index (χ4v) is 2.97. The van der Waals surface area contributed by atoms with Crippen molar-refractivity contribution in [3.8, 4) is 0 Å². The third-order valence-corrected chi connectivity index (χ3v) is 4.16. The molecule has 0 aromatic heterocycles. The number of nitrogens with zero attached hydrogens (tertiary/aromatic N) is 1. The van der Waals surface area contributed by atoms with Crippen LogP contribution in [-0.4, -0.2) is 31.6 Å². The quantitative estimate of drug-likeness (QED) is 0.843. The molecule has 2 nitrogen and oxygen atoms in total. The Kier molecular flexibility index (Phi) is 5.87. The summed E-state index contributed by atoms with van der Waals surface area (Å²) in [5.41, 5.74) is 2.88. The molecule has 0 radical (unpaired) electrons. The Hall–Kier alpha value is -0.860. The van der Waals surface area contributed by atoms with E-state index < -0.39 is 0 Å². The molecule has 106 valence electrons. The van der Waals surface area contributed by atoms with Gasteiger partial charge in [-0.05, 0) is 50.5 Å². The third kappa shape index (κ3) is 4.32. The average molecular weight is 260 g/mol. The standard InChI is InChI=1S/C17H28N2/c1-3-7-15-8-10-16(11-9-15)17(18-2)14-19-12-5-4-6-13-19/h8-11,17-18H,3-7,12-14H2,1-2H3. The van der Waals surface area contributed by atoms with Crippen LogP contribution in [0.3, 0.4) is 0 Å². The molecule has 0 saturated carbocycles. The Morgan fingerprint density at radius 1 is 1.11 bits per heavy atom. The third-order valence-electron chi connectivity index (χ3n) is 4.16. The van der Waals surface area contributed by atoms with Gasteiger partial charge in [-0.2, -0.15) is 0 Å². The van der Waals surface area contributed by atoms with E-state index in [-0.39, 0.29) is 0 Å². The molecular formula is C17H28N2. The van der Waals surface area contributed by atoms with E-state index in [0.717, 1.165) is 6.54 Å². The van der Waals surface area contributed by atoms with Gasteiger partial charge in [-0.25, -0.2) is 0 Å². The molecule has 19 heavy (non-hydrogen) atoms. The van der Waals surface area contributed by atoms with Crippen LogP contribution in [0.25, 0.3) is 0 Å². The van der Waals surface area contributed by atoms with Crippen LogP contribution in [0.4, 0.5) is 0 Å². The number of likely N-dealkylation sites (tertiary alicyclic amines) is 1. The van der Waals surface area contributed by atoms with Crippen LogP contribution in [0.5, 0.6) is 0 Å². The second-order valence-corrected chi connectivity index (χ2v) is 5.69. The zero-order valence-electron chi connectivity index (χ0n) is 12.5. The molecule has 0 aliphatic carbocycles. The van der Waals surface area contributed by atoms with Crippen molar-refractivity contribution in [2.45, 2.75) is 45.1 Å². The molecule has 0 amide bonds. The van der Waals surface area contributed by atoms with Gasteiger partial charge in [-0.3, -0.25) is 0 Å². The van der Waals surface area contributed by atoms with Crippen LogP contribution in [0.2, 0.25) is 0 Å². The predicted octanol–water partition coefficient (Wildman–Crippen LogP) is 3.39. The van der Waals surface area contributed by atoms with Crippen LogP contribution in [0.15, 0.2) is 24.3 Å². The molecule has 1 unspecified atom stereocenters. The van der Waals surface area contributed by atoms with Gasteiger partial charge in [0.25, 0.3) is 0 Å². The summed E-state index contributed by atoms with van der Waals surface area (Å²) in [5.74, 6) is 0. The highest BCUT2D eigenvalue weighted by molar-refractivity contribution is 5.25. The molecular weight excluding hydrogens is 232 g/mol. The van der Waals surface area contributed by atoms with Crippen molar-refractivity contribution in [2.75, 3.05) is 26.7 Å². The molecule has 1 aromatic carbocycles. The van der Waals surface area contributed by atoms with Crippen molar-refractivity contribution in [1.82, 2.24) is 10.2 Å². The number of benzene rings is 1. The SMILES string of the molecule is CCCc1ccc(C(CN2CCCCC2)NC)cc1. The van der Waals surface area contributed by atoms with Gasteiger partial charge in [0.15, 0.2) is 0 Å². The Balaban J connectivity index is 1.95. The number of piperidine rings is 1. The van der Waals surface area contributed by atoms with E-state index in [2.05, 4.69) is 48.5 Å². The summed E-state index contributed by atoms with van der Waals surface area (Å²) < 4.78 is 0. The van der Waals surface area contributed by atoms with Crippen LogP contribution in [0, 0.1) is 0 Å². The van der Waals surface area contributed by atoms with Crippen molar-refractivity contribution in [3.63, 3.8) is 0 Å². The Bertz CT molecular complexity index is 352. The molecule has 1 aromatic rings. The van der Waals surface area contributed by atoms with E-state index in [0.29, 0.717) is 6.04 Å². The Labute approximate surface area is 118 Å². The summed E-state index contributed by atoms with van der Waals surface area (Å²) in [5, 5.41) is 3.48. The number of hydrogen-bond donors (Lipinski definition) is 1. The highest BCUT2D eigenvalue weighted by Gasteiger charge is 2.16. The van der Waals surface area contributed by atoms with Crippen LogP contribution >= 0.6 is 0 Å². The Morgan fingerprint density at radius 3 is 2.37 bits per heavy atom. The first-order valence-corrected chi connectivity index (χ1v) is 7.82. The number of aryl methyl sites for hydroxylation is 1. The minimum Gasteiger partial charge on any atom is -0.312 e. The van der Waals surface area contributed by atoms with E-state index >= 15 is 0 Å². The number of rotatable bonds is 6. The van der Waals surface area contributed by atoms with Crippen LogP contribution in [-0.2, 0) is 6.42 Å². The molecule has 1 saturated heterocycles. The monoisotopic (exact) mass is 260 g/mol. The fourth-order valence-electron chi connectivity index (χ4n) is 2.97. The fraction of sp³-hybridized carbons (Fsp3) is 0.647. The maximum atomic E-state index is 3.48. The van der Waals surface area contributed by atoms with Gasteiger partial charge in [0.1, 0.15) is 0 Å². The first kappa shape index (κ1) is 14.5. The zero-order valence-corrected chi connectivity index (χ0v) is 12.5. The van der Waals surface area contributed by atoms with Crippen molar-refractivity contribution >= 4 is 0 Å². The van der Waals surface area contributed by atoms with E-state index in [1.54, 1.807) is 0 Å². The van der Waals surface area contributed by atoms with Gasteiger partial charge < -0.3 is 10.2 Å².